The average Bonchev–Trinajstić information content (AvgIpc) is 3.01. The van der Waals surface area contributed by atoms with Crippen molar-refractivity contribution in [3.05, 3.63) is 53.6 Å². The molecular formula is C34H48F3N5O6. The van der Waals surface area contributed by atoms with Gasteiger partial charge in [0.2, 0.25) is 0 Å². The number of benzene rings is 2. The third-order valence-corrected chi connectivity index (χ3v) is 7.99. The summed E-state index contributed by atoms with van der Waals surface area (Å²) < 4.78 is 51.4. The first kappa shape index (κ1) is 38.4. The number of aliphatic hydroxyl groups is 1. The van der Waals surface area contributed by atoms with Gasteiger partial charge in [0, 0.05) is 50.1 Å². The third-order valence-electron chi connectivity index (χ3n) is 7.99. The maximum absolute atomic E-state index is 14.2. The molecule has 4 N–H and O–H groups in total. The van der Waals surface area contributed by atoms with Crippen molar-refractivity contribution in [2.45, 2.75) is 84.3 Å². The van der Waals surface area contributed by atoms with E-state index in [1.807, 2.05) is 27.7 Å². The van der Waals surface area contributed by atoms with Crippen LogP contribution in [0.5, 0.6) is 5.75 Å². The van der Waals surface area contributed by atoms with Crippen molar-refractivity contribution in [2.75, 3.05) is 44.0 Å². The van der Waals surface area contributed by atoms with Crippen LogP contribution in [0.1, 0.15) is 69.8 Å². The summed E-state index contributed by atoms with van der Waals surface area (Å²) in [6, 6.07) is 7.40. The van der Waals surface area contributed by atoms with Crippen molar-refractivity contribution < 1.29 is 42.1 Å². The van der Waals surface area contributed by atoms with E-state index >= 15 is 0 Å². The smallest absolute Gasteiger partial charge is 0.416 e. The van der Waals surface area contributed by atoms with Crippen LogP contribution < -0.4 is 20.7 Å². The molecule has 1 heterocycles. The summed E-state index contributed by atoms with van der Waals surface area (Å²) in [4.78, 5) is 42.6. The summed E-state index contributed by atoms with van der Waals surface area (Å²) in [5.74, 6) is -0.383. The number of alkyl halides is 3. The van der Waals surface area contributed by atoms with Crippen LogP contribution in [0.4, 0.5) is 34.1 Å². The fraction of sp³-hybridized carbons (Fsp3) is 0.559. The Labute approximate surface area is 280 Å². The zero-order chi connectivity index (χ0) is 35.6. The first-order chi connectivity index (χ1) is 22.6. The molecule has 0 bridgehead atoms. The minimum absolute atomic E-state index is 0.0967. The summed E-state index contributed by atoms with van der Waals surface area (Å²) in [5, 5.41) is 18.3. The average molecular weight is 680 g/mol. The number of carbonyl (C=O) groups is 3. The number of anilines is 2. The van der Waals surface area contributed by atoms with E-state index in [1.165, 1.54) is 21.9 Å². The fourth-order valence-corrected chi connectivity index (χ4v) is 5.21. The third kappa shape index (κ3) is 11.3. The highest BCUT2D eigenvalue weighted by atomic mass is 19.4. The number of nitrogens with one attached hydrogen (secondary N) is 3. The molecule has 1 aliphatic rings. The van der Waals surface area contributed by atoms with Gasteiger partial charge in [-0.25, -0.2) is 9.59 Å². The summed E-state index contributed by atoms with van der Waals surface area (Å²) >= 11 is 0. The molecule has 0 aromatic heterocycles. The molecule has 0 saturated heterocycles. The van der Waals surface area contributed by atoms with Crippen LogP contribution in [0.15, 0.2) is 42.5 Å². The summed E-state index contributed by atoms with van der Waals surface area (Å²) in [7, 11) is 1.55. The van der Waals surface area contributed by atoms with Gasteiger partial charge in [-0.3, -0.25) is 4.79 Å². The molecule has 2 aromatic rings. The molecule has 3 rings (SSSR count). The Morgan fingerprint density at radius 3 is 2.33 bits per heavy atom. The lowest BCUT2D eigenvalue weighted by Crippen LogP contribution is -2.48. The quantitative estimate of drug-likeness (QED) is 0.276. The lowest BCUT2D eigenvalue weighted by molar-refractivity contribution is -0.137. The molecule has 0 fully saturated rings. The van der Waals surface area contributed by atoms with E-state index in [2.05, 4.69) is 16.0 Å². The maximum Gasteiger partial charge on any atom is 0.416 e. The predicted molar refractivity (Wildman–Crippen MR) is 177 cm³/mol. The zero-order valence-electron chi connectivity index (χ0n) is 28.4. The molecule has 0 spiro atoms. The Balaban J connectivity index is 1.86. The van der Waals surface area contributed by atoms with Crippen LogP contribution in [0.2, 0.25) is 0 Å². The zero-order valence-corrected chi connectivity index (χ0v) is 28.4. The SMILES string of the molecule is CC(C)NC(=O)Nc1ccc2c(c1)C(=O)N([C@@H](C)CO)C[C@@H](C)[C@H](CN(C)C(=O)Nc1ccc(C(F)(F)F)cc1)OCCCC[C@@H](C)O2. The molecule has 1 aliphatic heterocycles. The Hall–Kier alpha value is -4.04. The molecule has 14 heteroatoms. The number of nitrogens with zero attached hydrogens (tertiary/aromatic N) is 2. The van der Waals surface area contributed by atoms with Gasteiger partial charge in [-0.2, -0.15) is 13.2 Å². The van der Waals surface area contributed by atoms with E-state index in [1.54, 1.807) is 32.2 Å². The number of aliphatic hydroxyl groups excluding tert-OH is 1. The van der Waals surface area contributed by atoms with E-state index in [4.69, 9.17) is 9.47 Å². The van der Waals surface area contributed by atoms with Gasteiger partial charge in [0.1, 0.15) is 5.75 Å². The van der Waals surface area contributed by atoms with Gasteiger partial charge in [-0.15, -0.1) is 0 Å². The second kappa shape index (κ2) is 17.4. The minimum atomic E-state index is -4.49. The number of halogens is 3. The molecule has 266 valence electrons. The molecule has 2 aromatic carbocycles. The Morgan fingerprint density at radius 2 is 1.71 bits per heavy atom. The Kier molecular flexibility index (Phi) is 13.9. The first-order valence-corrected chi connectivity index (χ1v) is 16.2. The van der Waals surface area contributed by atoms with Gasteiger partial charge in [0.05, 0.1) is 36.0 Å². The van der Waals surface area contributed by atoms with Gasteiger partial charge in [-0.1, -0.05) is 6.92 Å². The van der Waals surface area contributed by atoms with Crippen molar-refractivity contribution in [2.24, 2.45) is 5.92 Å². The normalized spacial score (nSPS) is 20.2. The Morgan fingerprint density at radius 1 is 1.04 bits per heavy atom. The molecule has 48 heavy (non-hydrogen) atoms. The fourth-order valence-electron chi connectivity index (χ4n) is 5.21. The van der Waals surface area contributed by atoms with Gasteiger partial charge in [0.25, 0.3) is 5.91 Å². The summed E-state index contributed by atoms with van der Waals surface area (Å²) in [6.07, 6.45) is -3.08. The number of hydrogen-bond acceptors (Lipinski definition) is 6. The predicted octanol–water partition coefficient (Wildman–Crippen LogP) is 6.19. The second-order valence-corrected chi connectivity index (χ2v) is 12.6. The number of fused-ring (bicyclic) bond motifs is 1. The molecule has 0 radical (unpaired) electrons. The second-order valence-electron chi connectivity index (χ2n) is 12.6. The highest BCUT2D eigenvalue weighted by Gasteiger charge is 2.32. The van der Waals surface area contributed by atoms with Crippen LogP contribution in [0.25, 0.3) is 0 Å². The molecule has 0 saturated carbocycles. The van der Waals surface area contributed by atoms with Crippen molar-refractivity contribution in [1.82, 2.24) is 15.1 Å². The molecule has 11 nitrogen and oxygen atoms in total. The number of hydrogen-bond donors (Lipinski definition) is 4. The van der Waals surface area contributed by atoms with Crippen LogP contribution in [-0.4, -0.2) is 90.5 Å². The monoisotopic (exact) mass is 679 g/mol. The van der Waals surface area contributed by atoms with E-state index < -0.39 is 41.9 Å². The molecular weight excluding hydrogens is 631 g/mol. The number of amides is 5. The van der Waals surface area contributed by atoms with Gasteiger partial charge >= 0.3 is 18.2 Å². The van der Waals surface area contributed by atoms with E-state index in [0.29, 0.717) is 24.5 Å². The number of likely N-dealkylation sites (N-methyl/N-ethyl adjacent to an activating group) is 1. The standard InChI is InChI=1S/C34H48F3N5O6/c1-21(2)38-32(45)39-27-14-15-29-28(17-27)31(44)42(23(4)20-43)18-22(3)30(47-16-8-7-9-24(5)48-29)19-41(6)33(46)40-26-12-10-25(11-13-26)34(35,36)37/h10-15,17,21-24,30,43H,7-9,16,18-20H2,1-6H3,(H,40,46)(H2,38,39,45)/t22-,23+,24-,30+/m1/s1. The van der Waals surface area contributed by atoms with E-state index in [0.717, 1.165) is 25.0 Å². The molecule has 5 amide bonds. The van der Waals surface area contributed by atoms with Gasteiger partial charge < -0.3 is 40.3 Å². The number of carbonyl (C=O) groups excluding carboxylic acids is 3. The van der Waals surface area contributed by atoms with Crippen molar-refractivity contribution in [3.63, 3.8) is 0 Å². The molecule has 0 unspecified atom stereocenters. The lowest BCUT2D eigenvalue weighted by Gasteiger charge is -2.35. The van der Waals surface area contributed by atoms with E-state index in [-0.39, 0.29) is 49.0 Å². The largest absolute Gasteiger partial charge is 0.490 e. The number of ether oxygens (including phenoxy) is 2. The minimum Gasteiger partial charge on any atom is -0.490 e. The van der Waals surface area contributed by atoms with Crippen molar-refractivity contribution in [3.8, 4) is 5.75 Å². The van der Waals surface area contributed by atoms with Crippen LogP contribution in [0, 0.1) is 5.92 Å². The number of rotatable bonds is 7. The van der Waals surface area contributed by atoms with E-state index in [9.17, 15) is 32.7 Å². The van der Waals surface area contributed by atoms with Crippen LogP contribution >= 0.6 is 0 Å². The van der Waals surface area contributed by atoms with Crippen LogP contribution in [-0.2, 0) is 10.9 Å². The highest BCUT2D eigenvalue weighted by Crippen LogP contribution is 2.30. The van der Waals surface area contributed by atoms with Crippen molar-refractivity contribution in [1.29, 1.82) is 0 Å². The van der Waals surface area contributed by atoms with Gasteiger partial charge in [-0.05, 0) is 89.4 Å². The van der Waals surface area contributed by atoms with Crippen LogP contribution in [0.3, 0.4) is 0 Å². The summed E-state index contributed by atoms with van der Waals surface area (Å²) in [5.41, 5.74) is 0.00189. The maximum atomic E-state index is 14.2. The molecule has 4 atom stereocenters. The summed E-state index contributed by atoms with van der Waals surface area (Å²) in [6.45, 7) is 9.52. The highest BCUT2D eigenvalue weighted by molar-refractivity contribution is 5.99. The first-order valence-electron chi connectivity index (χ1n) is 16.2. The topological polar surface area (TPSA) is 132 Å². The molecule has 0 aliphatic carbocycles. The lowest BCUT2D eigenvalue weighted by atomic mass is 10.0. The van der Waals surface area contributed by atoms with Gasteiger partial charge in [0.15, 0.2) is 0 Å². The number of urea groups is 2. The van der Waals surface area contributed by atoms with Crippen molar-refractivity contribution >= 4 is 29.3 Å². The Bertz CT molecular complexity index is 1370.